The van der Waals surface area contributed by atoms with Crippen LogP contribution >= 0.6 is 0 Å². The SMILES string of the molecule is CCOC(=O)Cc1cncc(-c2ccc(C(CC)(CC)c3ccc(/C(F)=C(\F)C(O)(F)C(F)(F)F)c(C)c3)cc2C)c1. The van der Waals surface area contributed by atoms with Crippen molar-refractivity contribution < 1.29 is 41.0 Å². The Balaban J connectivity index is 2.03. The summed E-state index contributed by atoms with van der Waals surface area (Å²) >= 11 is 0. The van der Waals surface area contributed by atoms with E-state index in [4.69, 9.17) is 9.84 Å². The van der Waals surface area contributed by atoms with Crippen LogP contribution in [0.15, 0.2) is 60.7 Å². The van der Waals surface area contributed by atoms with Crippen LogP contribution in [0.4, 0.5) is 26.3 Å². The fourth-order valence-corrected chi connectivity index (χ4v) is 5.22. The number of alkyl halides is 4. The lowest BCUT2D eigenvalue weighted by Gasteiger charge is -2.34. The smallest absolute Gasteiger partial charge is 0.455 e. The third-order valence-electron chi connectivity index (χ3n) is 7.62. The summed E-state index contributed by atoms with van der Waals surface area (Å²) < 4.78 is 85.8. The van der Waals surface area contributed by atoms with Gasteiger partial charge in [-0.05, 0) is 73.1 Å². The highest BCUT2D eigenvalue weighted by atomic mass is 19.4. The number of halogens is 6. The van der Waals surface area contributed by atoms with Crippen LogP contribution in [0.2, 0.25) is 0 Å². The highest BCUT2D eigenvalue weighted by Crippen LogP contribution is 2.44. The number of benzene rings is 2. The molecule has 1 aromatic heterocycles. The van der Waals surface area contributed by atoms with Crippen molar-refractivity contribution in [3.8, 4) is 11.1 Å². The molecule has 4 nitrogen and oxygen atoms in total. The van der Waals surface area contributed by atoms with Crippen LogP contribution < -0.4 is 0 Å². The number of rotatable bonds is 10. The number of carbonyl (C=O) groups is 1. The molecule has 3 rings (SSSR count). The van der Waals surface area contributed by atoms with Crippen molar-refractivity contribution in [1.29, 1.82) is 0 Å². The minimum Gasteiger partial charge on any atom is -0.466 e. The maximum Gasteiger partial charge on any atom is 0.455 e. The van der Waals surface area contributed by atoms with Gasteiger partial charge in [0.15, 0.2) is 5.83 Å². The van der Waals surface area contributed by atoms with E-state index in [1.807, 2.05) is 45.0 Å². The minimum atomic E-state index is -6.05. The van der Waals surface area contributed by atoms with E-state index in [9.17, 15) is 31.1 Å². The maximum atomic E-state index is 14.7. The number of ether oxygens (including phenoxy) is 1. The quantitative estimate of drug-likeness (QED) is 0.189. The van der Waals surface area contributed by atoms with Gasteiger partial charge in [-0.2, -0.15) is 17.6 Å². The third-order valence-corrected chi connectivity index (χ3v) is 7.62. The monoisotopic (exact) mass is 593 g/mol. The van der Waals surface area contributed by atoms with Crippen molar-refractivity contribution >= 4 is 11.8 Å². The highest BCUT2D eigenvalue weighted by Gasteiger charge is 2.60. The molecule has 1 heterocycles. The van der Waals surface area contributed by atoms with Gasteiger partial charge in [0.05, 0.1) is 13.0 Å². The number of esters is 1. The first-order valence-electron chi connectivity index (χ1n) is 13.5. The number of aromatic nitrogens is 1. The maximum absolute atomic E-state index is 14.7. The lowest BCUT2D eigenvalue weighted by Crippen LogP contribution is -2.41. The number of nitrogens with zero attached hydrogens (tertiary/aromatic N) is 1. The molecule has 0 aliphatic rings. The van der Waals surface area contributed by atoms with Crippen molar-refractivity contribution in [3.05, 3.63) is 94.1 Å². The molecule has 1 atom stereocenters. The molecular formula is C32H33F6NO3. The first-order valence-corrected chi connectivity index (χ1v) is 13.5. The highest BCUT2D eigenvalue weighted by molar-refractivity contribution is 5.74. The molecule has 0 radical (unpaired) electrons. The van der Waals surface area contributed by atoms with Gasteiger partial charge in [0.2, 0.25) is 5.83 Å². The molecule has 2 aromatic carbocycles. The molecule has 0 fully saturated rings. The normalized spacial score (nSPS) is 14.3. The van der Waals surface area contributed by atoms with E-state index in [0.717, 1.165) is 28.3 Å². The van der Waals surface area contributed by atoms with E-state index in [1.165, 1.54) is 19.1 Å². The zero-order valence-electron chi connectivity index (χ0n) is 24.0. The van der Waals surface area contributed by atoms with Gasteiger partial charge < -0.3 is 9.84 Å². The van der Waals surface area contributed by atoms with E-state index in [0.29, 0.717) is 24.0 Å². The molecule has 0 spiro atoms. The van der Waals surface area contributed by atoms with Gasteiger partial charge in [0.1, 0.15) is 0 Å². The van der Waals surface area contributed by atoms with Crippen molar-refractivity contribution in [1.82, 2.24) is 4.98 Å². The second kappa shape index (κ2) is 12.7. The number of carbonyl (C=O) groups excluding carboxylic acids is 1. The van der Waals surface area contributed by atoms with Gasteiger partial charge in [-0.3, -0.25) is 9.78 Å². The Hall–Kier alpha value is -3.66. The van der Waals surface area contributed by atoms with Crippen molar-refractivity contribution in [3.63, 3.8) is 0 Å². The molecule has 0 aliphatic carbocycles. The average Bonchev–Trinajstić information content (AvgIpc) is 2.93. The van der Waals surface area contributed by atoms with Gasteiger partial charge >= 0.3 is 18.0 Å². The van der Waals surface area contributed by atoms with E-state index in [-0.39, 0.29) is 24.6 Å². The van der Waals surface area contributed by atoms with Crippen LogP contribution in [0.1, 0.15) is 67.0 Å². The molecule has 3 aromatic rings. The molecular weight excluding hydrogens is 560 g/mol. The molecule has 0 amide bonds. The Morgan fingerprint density at radius 2 is 1.48 bits per heavy atom. The predicted octanol–water partition coefficient (Wildman–Crippen LogP) is 8.41. The Labute approximate surface area is 241 Å². The zero-order valence-corrected chi connectivity index (χ0v) is 24.0. The molecule has 1 unspecified atom stereocenters. The molecule has 10 heteroatoms. The van der Waals surface area contributed by atoms with Crippen LogP contribution in [0.25, 0.3) is 17.0 Å². The summed E-state index contributed by atoms with van der Waals surface area (Å²) in [7, 11) is 0. The van der Waals surface area contributed by atoms with Crippen LogP contribution in [0.3, 0.4) is 0 Å². The van der Waals surface area contributed by atoms with Crippen molar-refractivity contribution in [2.75, 3.05) is 6.61 Å². The first-order chi connectivity index (χ1) is 19.6. The fourth-order valence-electron chi connectivity index (χ4n) is 5.22. The molecule has 0 bridgehead atoms. The van der Waals surface area contributed by atoms with Crippen LogP contribution in [-0.4, -0.2) is 34.7 Å². The first kappa shape index (κ1) is 32.8. The second-order valence-electron chi connectivity index (χ2n) is 10.2. The number of aryl methyl sites for hydroxylation is 2. The molecule has 1 N–H and O–H groups in total. The fraction of sp³-hybridized carbons (Fsp3) is 0.375. The van der Waals surface area contributed by atoms with E-state index in [1.54, 1.807) is 19.3 Å². The van der Waals surface area contributed by atoms with Crippen LogP contribution in [0, 0.1) is 13.8 Å². The molecule has 0 saturated heterocycles. The summed E-state index contributed by atoms with van der Waals surface area (Å²) in [6, 6.07) is 11.9. The predicted molar refractivity (Wildman–Crippen MR) is 149 cm³/mol. The minimum absolute atomic E-state index is 0.0715. The second-order valence-corrected chi connectivity index (χ2v) is 10.2. The molecule has 0 saturated carbocycles. The summed E-state index contributed by atoms with van der Waals surface area (Å²) in [6.07, 6.45) is -1.45. The molecule has 0 aliphatic heterocycles. The summed E-state index contributed by atoms with van der Waals surface area (Å²) in [4.78, 5) is 16.2. The number of hydrogen-bond acceptors (Lipinski definition) is 4. The number of aliphatic hydroxyl groups is 1. The standard InChI is InChI=1S/C32H33F6NO3/c1-6-30(7-2,24-10-12-26(20(5)14-24)28(33)29(34)31(35,41)32(36,37)38)23-9-11-25(19(4)13-23)22-15-21(17-39-18-22)16-27(40)42-8-3/h9-15,17-18,41H,6-8,16H2,1-5H3/b29-28+. The van der Waals surface area contributed by atoms with Gasteiger partial charge in [-0.25, -0.2) is 8.78 Å². The topological polar surface area (TPSA) is 59.4 Å². The summed E-state index contributed by atoms with van der Waals surface area (Å²) in [5.41, 5.74) is 3.86. The lowest BCUT2D eigenvalue weighted by atomic mass is 9.69. The van der Waals surface area contributed by atoms with Gasteiger partial charge in [-0.15, -0.1) is 0 Å². The Kier molecular flexibility index (Phi) is 9.92. The molecule has 226 valence electrons. The van der Waals surface area contributed by atoms with Gasteiger partial charge in [0, 0.05) is 28.9 Å². The Bertz CT molecular complexity index is 1480. The van der Waals surface area contributed by atoms with E-state index >= 15 is 0 Å². The largest absolute Gasteiger partial charge is 0.466 e. The van der Waals surface area contributed by atoms with Gasteiger partial charge in [-0.1, -0.05) is 50.2 Å². The average molecular weight is 594 g/mol. The summed E-state index contributed by atoms with van der Waals surface area (Å²) in [6.45, 7) is 9.25. The lowest BCUT2D eigenvalue weighted by molar-refractivity contribution is -0.302. The third kappa shape index (κ3) is 6.38. The van der Waals surface area contributed by atoms with Crippen LogP contribution in [-0.2, 0) is 21.4 Å². The summed E-state index contributed by atoms with van der Waals surface area (Å²) in [5.74, 6) is -10.9. The number of pyridine rings is 1. The van der Waals surface area contributed by atoms with Crippen molar-refractivity contribution in [2.24, 2.45) is 0 Å². The van der Waals surface area contributed by atoms with E-state index in [2.05, 4.69) is 4.98 Å². The zero-order chi connectivity index (χ0) is 31.5. The summed E-state index contributed by atoms with van der Waals surface area (Å²) in [5, 5.41) is 8.97. The Morgan fingerprint density at radius 1 is 0.881 bits per heavy atom. The van der Waals surface area contributed by atoms with E-state index < -0.39 is 34.7 Å². The Morgan fingerprint density at radius 3 is 2.00 bits per heavy atom. The van der Waals surface area contributed by atoms with Gasteiger partial charge in [0.25, 0.3) is 0 Å². The van der Waals surface area contributed by atoms with Crippen LogP contribution in [0.5, 0.6) is 0 Å². The molecule has 42 heavy (non-hydrogen) atoms. The number of hydrogen-bond donors (Lipinski definition) is 1. The van der Waals surface area contributed by atoms with Crippen molar-refractivity contribution in [2.45, 2.75) is 71.3 Å².